The highest BCUT2D eigenvalue weighted by atomic mass is 19.1. The average Bonchev–Trinajstić information content (AvgIpc) is 3.19. The number of amides is 1. The first kappa shape index (κ1) is 21.2. The fraction of sp³-hybridized carbons (Fsp3) is 0.360. The number of carbonyl (C=O) groups excluding carboxylic acids is 1. The van der Waals surface area contributed by atoms with Crippen LogP contribution in [-0.4, -0.2) is 51.7 Å². The number of nitrogens with zero attached hydrogens (tertiary/aromatic N) is 4. The van der Waals surface area contributed by atoms with Gasteiger partial charge in [0.1, 0.15) is 5.82 Å². The number of rotatable bonds is 6. The van der Waals surface area contributed by atoms with Crippen molar-refractivity contribution in [1.29, 1.82) is 0 Å². The van der Waals surface area contributed by atoms with Crippen molar-refractivity contribution in [3.8, 4) is 5.69 Å². The monoisotopic (exact) mass is 420 g/mol. The van der Waals surface area contributed by atoms with Crippen molar-refractivity contribution in [1.82, 2.24) is 19.6 Å². The predicted octanol–water partition coefficient (Wildman–Crippen LogP) is 4.17. The van der Waals surface area contributed by atoms with Crippen LogP contribution < -0.4 is 0 Å². The maximum Gasteiger partial charge on any atom is 0.274 e. The Morgan fingerprint density at radius 1 is 1.00 bits per heavy atom. The van der Waals surface area contributed by atoms with Crippen molar-refractivity contribution in [2.45, 2.75) is 26.8 Å². The normalized spacial score (nSPS) is 14.9. The van der Waals surface area contributed by atoms with E-state index in [0.29, 0.717) is 24.7 Å². The number of aromatic nitrogens is 2. The van der Waals surface area contributed by atoms with Crippen LogP contribution in [0.1, 0.15) is 35.6 Å². The zero-order valence-corrected chi connectivity index (χ0v) is 18.2. The van der Waals surface area contributed by atoms with Gasteiger partial charge in [-0.3, -0.25) is 9.69 Å². The molecule has 6 heteroatoms. The summed E-state index contributed by atoms with van der Waals surface area (Å²) >= 11 is 0. The van der Waals surface area contributed by atoms with Crippen molar-refractivity contribution in [2.24, 2.45) is 5.92 Å². The molecule has 0 radical (unpaired) electrons. The topological polar surface area (TPSA) is 41.4 Å². The second kappa shape index (κ2) is 9.43. The Morgan fingerprint density at radius 3 is 2.32 bits per heavy atom. The fourth-order valence-corrected chi connectivity index (χ4v) is 4.00. The Morgan fingerprint density at radius 2 is 1.68 bits per heavy atom. The van der Waals surface area contributed by atoms with Gasteiger partial charge in [-0.2, -0.15) is 5.10 Å². The predicted molar refractivity (Wildman–Crippen MR) is 120 cm³/mol. The van der Waals surface area contributed by atoms with Gasteiger partial charge in [0.05, 0.1) is 5.69 Å². The first-order valence-electron chi connectivity index (χ1n) is 10.9. The molecule has 5 nitrogen and oxygen atoms in total. The van der Waals surface area contributed by atoms with E-state index in [1.165, 1.54) is 12.1 Å². The molecule has 2 aromatic carbocycles. The Bertz CT molecular complexity index is 1010. The molecule has 2 heterocycles. The van der Waals surface area contributed by atoms with Gasteiger partial charge in [-0.05, 0) is 48.2 Å². The Balaban J connectivity index is 1.43. The zero-order valence-electron chi connectivity index (χ0n) is 18.2. The molecule has 0 N–H and O–H groups in total. The summed E-state index contributed by atoms with van der Waals surface area (Å²) in [5, 5.41) is 4.68. The van der Waals surface area contributed by atoms with Crippen molar-refractivity contribution in [3.05, 3.63) is 83.4 Å². The molecular weight excluding hydrogens is 391 g/mol. The van der Waals surface area contributed by atoms with E-state index in [4.69, 9.17) is 0 Å². The lowest BCUT2D eigenvalue weighted by atomic mass is 10.1. The van der Waals surface area contributed by atoms with Gasteiger partial charge in [-0.25, -0.2) is 9.07 Å². The highest BCUT2D eigenvalue weighted by Crippen LogP contribution is 2.18. The highest BCUT2D eigenvalue weighted by Gasteiger charge is 2.25. The lowest BCUT2D eigenvalue weighted by Crippen LogP contribution is -2.48. The van der Waals surface area contributed by atoms with E-state index in [-0.39, 0.29) is 11.7 Å². The first-order valence-corrected chi connectivity index (χ1v) is 10.9. The van der Waals surface area contributed by atoms with Crippen LogP contribution in [0, 0.1) is 11.7 Å². The van der Waals surface area contributed by atoms with E-state index in [2.05, 4.69) is 23.8 Å². The number of hydrogen-bond acceptors (Lipinski definition) is 3. The first-order chi connectivity index (χ1) is 15.0. The van der Waals surface area contributed by atoms with Gasteiger partial charge in [0.25, 0.3) is 5.91 Å². The molecular formula is C25H29FN4O. The van der Waals surface area contributed by atoms with E-state index in [0.717, 1.165) is 43.0 Å². The Labute approximate surface area is 183 Å². The number of piperazine rings is 1. The molecule has 0 unspecified atom stereocenters. The van der Waals surface area contributed by atoms with Crippen LogP contribution in [0.3, 0.4) is 0 Å². The van der Waals surface area contributed by atoms with E-state index >= 15 is 0 Å². The minimum absolute atomic E-state index is 0.0129. The largest absolute Gasteiger partial charge is 0.335 e. The van der Waals surface area contributed by atoms with Crippen LogP contribution in [0.5, 0.6) is 0 Å². The summed E-state index contributed by atoms with van der Waals surface area (Å²) in [5.74, 6) is 0.240. The molecule has 1 aliphatic heterocycles. The molecule has 162 valence electrons. The van der Waals surface area contributed by atoms with Gasteiger partial charge in [0, 0.05) is 38.4 Å². The van der Waals surface area contributed by atoms with Crippen molar-refractivity contribution >= 4 is 5.91 Å². The third-order valence-electron chi connectivity index (χ3n) is 5.60. The van der Waals surface area contributed by atoms with E-state index in [1.807, 2.05) is 58.1 Å². The van der Waals surface area contributed by atoms with Gasteiger partial charge < -0.3 is 4.90 Å². The molecule has 0 atom stereocenters. The van der Waals surface area contributed by atoms with Gasteiger partial charge in [0.2, 0.25) is 0 Å². The van der Waals surface area contributed by atoms with Crippen molar-refractivity contribution in [2.75, 3.05) is 26.2 Å². The van der Waals surface area contributed by atoms with Crippen LogP contribution in [0.25, 0.3) is 5.69 Å². The molecule has 1 fully saturated rings. The molecule has 1 saturated heterocycles. The van der Waals surface area contributed by atoms with E-state index < -0.39 is 0 Å². The summed E-state index contributed by atoms with van der Waals surface area (Å²) in [5.41, 5.74) is 3.62. The third kappa shape index (κ3) is 5.20. The zero-order chi connectivity index (χ0) is 21.8. The van der Waals surface area contributed by atoms with Gasteiger partial charge >= 0.3 is 0 Å². The Kier molecular flexibility index (Phi) is 6.47. The quantitative estimate of drug-likeness (QED) is 0.601. The number of hydrogen-bond donors (Lipinski definition) is 0. The second-order valence-electron chi connectivity index (χ2n) is 8.56. The summed E-state index contributed by atoms with van der Waals surface area (Å²) < 4.78 is 15.0. The minimum atomic E-state index is -0.217. The molecule has 31 heavy (non-hydrogen) atoms. The third-order valence-corrected chi connectivity index (χ3v) is 5.60. The lowest BCUT2D eigenvalue weighted by molar-refractivity contribution is 0.0622. The van der Waals surface area contributed by atoms with E-state index in [1.54, 1.807) is 0 Å². The molecule has 0 bridgehead atoms. The number of halogens is 1. The summed E-state index contributed by atoms with van der Waals surface area (Å²) in [6.45, 7) is 8.02. The summed E-state index contributed by atoms with van der Waals surface area (Å²) in [7, 11) is 0. The maximum atomic E-state index is 13.2. The number of benzene rings is 2. The summed E-state index contributed by atoms with van der Waals surface area (Å²) in [6.07, 6.45) is 0.862. The smallest absolute Gasteiger partial charge is 0.274 e. The van der Waals surface area contributed by atoms with Crippen LogP contribution in [0.4, 0.5) is 4.39 Å². The van der Waals surface area contributed by atoms with Gasteiger partial charge in [0.15, 0.2) is 5.69 Å². The molecule has 0 aliphatic carbocycles. The second-order valence-corrected chi connectivity index (χ2v) is 8.56. The van der Waals surface area contributed by atoms with Crippen molar-refractivity contribution < 1.29 is 9.18 Å². The molecule has 1 amide bonds. The molecule has 3 aromatic rings. The summed E-state index contributed by atoms with van der Waals surface area (Å²) in [4.78, 5) is 17.4. The van der Waals surface area contributed by atoms with Gasteiger partial charge in [-0.1, -0.05) is 44.2 Å². The van der Waals surface area contributed by atoms with Crippen molar-refractivity contribution in [3.63, 3.8) is 0 Å². The molecule has 4 rings (SSSR count). The maximum absolute atomic E-state index is 13.2. The van der Waals surface area contributed by atoms with Crippen LogP contribution >= 0.6 is 0 Å². The van der Waals surface area contributed by atoms with Crippen LogP contribution in [0.15, 0.2) is 60.7 Å². The fourth-order valence-electron chi connectivity index (χ4n) is 4.00. The standard InChI is InChI=1S/C25H29FN4O/c1-19(2)16-23-17-24(27-30(23)22-6-4-3-5-7-22)25(31)29-14-12-28(13-15-29)18-20-8-10-21(26)11-9-20/h3-11,17,19H,12-16,18H2,1-2H3. The molecule has 0 spiro atoms. The van der Waals surface area contributed by atoms with Crippen LogP contribution in [0.2, 0.25) is 0 Å². The minimum Gasteiger partial charge on any atom is -0.335 e. The average molecular weight is 421 g/mol. The Hall–Kier alpha value is -2.99. The molecule has 1 aliphatic rings. The highest BCUT2D eigenvalue weighted by molar-refractivity contribution is 5.92. The van der Waals surface area contributed by atoms with Crippen LogP contribution in [-0.2, 0) is 13.0 Å². The van der Waals surface area contributed by atoms with E-state index in [9.17, 15) is 9.18 Å². The lowest BCUT2D eigenvalue weighted by Gasteiger charge is -2.34. The molecule has 1 aromatic heterocycles. The van der Waals surface area contributed by atoms with Gasteiger partial charge in [-0.15, -0.1) is 0 Å². The number of para-hydroxylation sites is 1. The SMILES string of the molecule is CC(C)Cc1cc(C(=O)N2CCN(Cc3ccc(F)cc3)CC2)nn1-c1ccccc1. The molecule has 0 saturated carbocycles. The number of carbonyl (C=O) groups is 1. The summed E-state index contributed by atoms with van der Waals surface area (Å²) in [6, 6.07) is 18.5.